The second kappa shape index (κ2) is 3.82. The van der Waals surface area contributed by atoms with Gasteiger partial charge in [0.25, 0.3) is 0 Å². The van der Waals surface area contributed by atoms with Crippen molar-refractivity contribution >= 4 is 0 Å². The van der Waals surface area contributed by atoms with Crippen LogP contribution < -0.4 is 5.73 Å². The number of imidazole rings is 1. The van der Waals surface area contributed by atoms with Crippen LogP contribution in [0.3, 0.4) is 0 Å². The number of hydrogen-bond acceptors (Lipinski definition) is 2. The summed E-state index contributed by atoms with van der Waals surface area (Å²) >= 11 is 0. The summed E-state index contributed by atoms with van der Waals surface area (Å²) in [6, 6.07) is 5.07. The van der Waals surface area contributed by atoms with E-state index >= 15 is 0 Å². The van der Waals surface area contributed by atoms with Crippen molar-refractivity contribution in [3.63, 3.8) is 0 Å². The normalized spacial score (nSPS) is 10.6. The van der Waals surface area contributed by atoms with Crippen LogP contribution in [-0.2, 0) is 6.54 Å². The topological polar surface area (TPSA) is 43.8 Å². The third-order valence-corrected chi connectivity index (χ3v) is 2.30. The largest absolute Gasteiger partial charge is 0.325 e. The van der Waals surface area contributed by atoms with Crippen LogP contribution >= 0.6 is 0 Å². The van der Waals surface area contributed by atoms with Gasteiger partial charge in [-0.15, -0.1) is 0 Å². The van der Waals surface area contributed by atoms with Gasteiger partial charge in [0.05, 0.1) is 12.0 Å². The molecule has 1 aromatic carbocycles. The lowest BCUT2D eigenvalue weighted by Gasteiger charge is -2.03. The monoisotopic (exact) mass is 205 g/mol. The molecule has 1 heterocycles. The lowest BCUT2D eigenvalue weighted by Crippen LogP contribution is -1.96. The molecule has 0 amide bonds. The molecular weight excluding hydrogens is 193 g/mol. The van der Waals surface area contributed by atoms with E-state index in [1.165, 1.54) is 6.07 Å². The summed E-state index contributed by atoms with van der Waals surface area (Å²) in [6.07, 6.45) is 3.43. The zero-order valence-electron chi connectivity index (χ0n) is 8.44. The van der Waals surface area contributed by atoms with Crippen LogP contribution in [0.15, 0.2) is 30.7 Å². The number of rotatable bonds is 2. The van der Waals surface area contributed by atoms with Gasteiger partial charge >= 0.3 is 0 Å². The van der Waals surface area contributed by atoms with E-state index in [4.69, 9.17) is 5.73 Å². The van der Waals surface area contributed by atoms with Crippen LogP contribution in [0.1, 0.15) is 11.3 Å². The Morgan fingerprint density at radius 1 is 1.47 bits per heavy atom. The number of aromatic nitrogens is 2. The Bertz CT molecular complexity index is 476. The molecule has 0 aliphatic carbocycles. The number of hydrogen-bond donors (Lipinski definition) is 1. The highest BCUT2D eigenvalue weighted by molar-refractivity contribution is 5.35. The van der Waals surface area contributed by atoms with Crippen LogP contribution in [0.25, 0.3) is 5.69 Å². The quantitative estimate of drug-likeness (QED) is 0.812. The summed E-state index contributed by atoms with van der Waals surface area (Å²) in [5.41, 5.74) is 7.63. The molecule has 1 aromatic heterocycles. The van der Waals surface area contributed by atoms with Crippen molar-refractivity contribution in [2.24, 2.45) is 5.73 Å². The zero-order chi connectivity index (χ0) is 10.8. The standard InChI is InChI=1S/C11H12FN3/c1-8-2-3-10(4-11(8)12)15-6-9(5-13)14-7-15/h2-4,6-7H,5,13H2,1H3. The van der Waals surface area contributed by atoms with Gasteiger partial charge in [-0.25, -0.2) is 9.37 Å². The van der Waals surface area contributed by atoms with Gasteiger partial charge in [-0.3, -0.25) is 0 Å². The lowest BCUT2D eigenvalue weighted by molar-refractivity contribution is 0.617. The summed E-state index contributed by atoms with van der Waals surface area (Å²) in [6.45, 7) is 2.12. The Morgan fingerprint density at radius 3 is 2.87 bits per heavy atom. The first-order valence-electron chi connectivity index (χ1n) is 4.70. The average molecular weight is 205 g/mol. The molecule has 0 spiro atoms. The van der Waals surface area contributed by atoms with E-state index in [9.17, 15) is 4.39 Å². The minimum atomic E-state index is -0.213. The van der Waals surface area contributed by atoms with Gasteiger partial charge in [0.15, 0.2) is 0 Å². The Hall–Kier alpha value is -1.68. The molecule has 3 nitrogen and oxygen atoms in total. The van der Waals surface area contributed by atoms with Gasteiger partial charge in [-0.05, 0) is 24.6 Å². The van der Waals surface area contributed by atoms with Gasteiger partial charge in [-0.2, -0.15) is 0 Å². The second-order valence-electron chi connectivity index (χ2n) is 3.41. The molecule has 0 bridgehead atoms. The molecule has 2 rings (SSSR count). The van der Waals surface area contributed by atoms with E-state index in [0.717, 1.165) is 11.4 Å². The molecule has 0 radical (unpaired) electrons. The van der Waals surface area contributed by atoms with E-state index in [1.54, 1.807) is 30.1 Å². The molecule has 15 heavy (non-hydrogen) atoms. The van der Waals surface area contributed by atoms with Crippen molar-refractivity contribution in [2.75, 3.05) is 0 Å². The van der Waals surface area contributed by atoms with Crippen LogP contribution in [0, 0.1) is 12.7 Å². The maximum absolute atomic E-state index is 13.3. The van der Waals surface area contributed by atoms with Crippen molar-refractivity contribution in [1.82, 2.24) is 9.55 Å². The van der Waals surface area contributed by atoms with Crippen molar-refractivity contribution in [2.45, 2.75) is 13.5 Å². The Balaban J connectivity index is 2.40. The van der Waals surface area contributed by atoms with E-state index in [0.29, 0.717) is 12.1 Å². The fraction of sp³-hybridized carbons (Fsp3) is 0.182. The molecule has 4 heteroatoms. The van der Waals surface area contributed by atoms with Gasteiger partial charge in [-0.1, -0.05) is 6.07 Å². The fourth-order valence-corrected chi connectivity index (χ4v) is 1.35. The molecule has 0 unspecified atom stereocenters. The number of halogens is 1. The number of aryl methyl sites for hydroxylation is 1. The maximum Gasteiger partial charge on any atom is 0.128 e. The summed E-state index contributed by atoms with van der Waals surface area (Å²) < 4.78 is 15.0. The van der Waals surface area contributed by atoms with Gasteiger partial charge < -0.3 is 10.3 Å². The van der Waals surface area contributed by atoms with Gasteiger partial charge in [0.2, 0.25) is 0 Å². The molecule has 0 aliphatic rings. The summed E-state index contributed by atoms with van der Waals surface area (Å²) in [5.74, 6) is -0.213. The van der Waals surface area contributed by atoms with Crippen LogP contribution in [0.4, 0.5) is 4.39 Å². The molecule has 2 N–H and O–H groups in total. The van der Waals surface area contributed by atoms with Gasteiger partial charge in [0, 0.05) is 18.4 Å². The predicted octanol–water partition coefficient (Wildman–Crippen LogP) is 1.78. The molecule has 0 atom stereocenters. The van der Waals surface area contributed by atoms with Crippen LogP contribution in [0.2, 0.25) is 0 Å². The Labute approximate surface area is 87.4 Å². The average Bonchev–Trinajstić information content (AvgIpc) is 2.70. The van der Waals surface area contributed by atoms with Crippen molar-refractivity contribution in [3.05, 3.63) is 47.8 Å². The highest BCUT2D eigenvalue weighted by atomic mass is 19.1. The highest BCUT2D eigenvalue weighted by Gasteiger charge is 2.02. The molecule has 0 saturated carbocycles. The number of benzene rings is 1. The number of nitrogens with zero attached hydrogens (tertiary/aromatic N) is 2. The van der Waals surface area contributed by atoms with E-state index in [1.807, 2.05) is 6.07 Å². The van der Waals surface area contributed by atoms with Crippen molar-refractivity contribution in [3.8, 4) is 5.69 Å². The smallest absolute Gasteiger partial charge is 0.128 e. The second-order valence-corrected chi connectivity index (χ2v) is 3.41. The van der Waals surface area contributed by atoms with Crippen LogP contribution in [0.5, 0.6) is 0 Å². The van der Waals surface area contributed by atoms with Crippen LogP contribution in [-0.4, -0.2) is 9.55 Å². The highest BCUT2D eigenvalue weighted by Crippen LogP contribution is 2.13. The lowest BCUT2D eigenvalue weighted by atomic mass is 10.2. The molecular formula is C11H12FN3. The third-order valence-electron chi connectivity index (χ3n) is 2.30. The predicted molar refractivity (Wildman–Crippen MR) is 56.2 cm³/mol. The molecule has 0 aliphatic heterocycles. The molecule has 2 aromatic rings. The minimum Gasteiger partial charge on any atom is -0.325 e. The van der Waals surface area contributed by atoms with Crippen molar-refractivity contribution < 1.29 is 4.39 Å². The van der Waals surface area contributed by atoms with Gasteiger partial charge in [0.1, 0.15) is 5.82 Å². The minimum absolute atomic E-state index is 0.213. The van der Waals surface area contributed by atoms with E-state index in [-0.39, 0.29) is 5.82 Å². The Morgan fingerprint density at radius 2 is 2.27 bits per heavy atom. The van der Waals surface area contributed by atoms with Crippen molar-refractivity contribution in [1.29, 1.82) is 0 Å². The van der Waals surface area contributed by atoms with E-state index in [2.05, 4.69) is 4.98 Å². The first-order valence-corrected chi connectivity index (χ1v) is 4.70. The third kappa shape index (κ3) is 1.89. The molecule has 0 fully saturated rings. The summed E-state index contributed by atoms with van der Waals surface area (Å²) in [4.78, 5) is 4.08. The number of nitrogens with two attached hydrogens (primary N) is 1. The zero-order valence-corrected chi connectivity index (χ0v) is 8.44. The first-order chi connectivity index (χ1) is 7.20. The Kier molecular flexibility index (Phi) is 2.51. The SMILES string of the molecule is Cc1ccc(-n2cnc(CN)c2)cc1F. The maximum atomic E-state index is 13.3. The summed E-state index contributed by atoms with van der Waals surface area (Å²) in [7, 11) is 0. The molecule has 78 valence electrons. The first kappa shape index (κ1) is 9.86. The molecule has 0 saturated heterocycles. The fourth-order valence-electron chi connectivity index (χ4n) is 1.35. The summed E-state index contributed by atoms with van der Waals surface area (Å²) in [5, 5.41) is 0. The van der Waals surface area contributed by atoms with E-state index < -0.39 is 0 Å².